The second-order valence-corrected chi connectivity index (χ2v) is 7.30. The van der Waals surface area contributed by atoms with Crippen LogP contribution in [0.25, 0.3) is 11.0 Å². The predicted octanol–water partition coefficient (Wildman–Crippen LogP) is 4.44. The van der Waals surface area contributed by atoms with Crippen LogP contribution in [0, 0.1) is 5.92 Å². The number of hydrogen-bond acceptors (Lipinski definition) is 4. The van der Waals surface area contributed by atoms with Crippen LogP contribution < -0.4 is 0 Å². The number of likely N-dealkylation sites (tertiary alicyclic amines) is 1. The molecule has 0 spiro atoms. The topological polar surface area (TPSA) is 36.6 Å². The quantitative estimate of drug-likeness (QED) is 0.769. The van der Waals surface area contributed by atoms with Crippen molar-refractivity contribution in [1.29, 1.82) is 0 Å². The molecule has 23 heavy (non-hydrogen) atoms. The van der Waals surface area contributed by atoms with Gasteiger partial charge < -0.3 is 9.52 Å². The zero-order valence-electron chi connectivity index (χ0n) is 13.0. The summed E-state index contributed by atoms with van der Waals surface area (Å²) < 4.78 is 5.91. The SMILES string of the molecule is OC(c1cccs1)C1CCN(Cc2cc3ccccc3o2)CC1. The van der Waals surface area contributed by atoms with Crippen LogP contribution in [0.3, 0.4) is 0 Å². The van der Waals surface area contributed by atoms with Crippen molar-refractivity contribution in [3.8, 4) is 0 Å². The molecule has 0 saturated carbocycles. The number of para-hydroxylation sites is 1. The van der Waals surface area contributed by atoms with Crippen LogP contribution in [0.5, 0.6) is 0 Å². The van der Waals surface area contributed by atoms with Crippen molar-refractivity contribution < 1.29 is 9.52 Å². The van der Waals surface area contributed by atoms with Gasteiger partial charge >= 0.3 is 0 Å². The summed E-state index contributed by atoms with van der Waals surface area (Å²) in [7, 11) is 0. The summed E-state index contributed by atoms with van der Waals surface area (Å²) in [6, 6.07) is 14.3. The van der Waals surface area contributed by atoms with E-state index in [-0.39, 0.29) is 6.10 Å². The van der Waals surface area contributed by atoms with E-state index in [1.54, 1.807) is 11.3 Å². The van der Waals surface area contributed by atoms with Gasteiger partial charge in [0.15, 0.2) is 0 Å². The maximum Gasteiger partial charge on any atom is 0.134 e. The molecule has 4 heteroatoms. The Kier molecular flexibility index (Phi) is 4.21. The Morgan fingerprint density at radius 3 is 2.74 bits per heavy atom. The highest BCUT2D eigenvalue weighted by Crippen LogP contribution is 2.33. The van der Waals surface area contributed by atoms with Crippen LogP contribution in [0.15, 0.2) is 52.3 Å². The molecule has 1 fully saturated rings. The molecule has 0 amide bonds. The van der Waals surface area contributed by atoms with Crippen LogP contribution in [-0.2, 0) is 6.54 Å². The lowest BCUT2D eigenvalue weighted by Crippen LogP contribution is -2.35. The van der Waals surface area contributed by atoms with E-state index in [1.807, 2.05) is 35.7 Å². The fourth-order valence-corrected chi connectivity index (χ4v) is 4.26. The number of thiophene rings is 1. The van der Waals surface area contributed by atoms with E-state index in [4.69, 9.17) is 4.42 Å². The number of fused-ring (bicyclic) bond motifs is 1. The third-order valence-electron chi connectivity index (χ3n) is 4.77. The van der Waals surface area contributed by atoms with Gasteiger partial charge in [-0.15, -0.1) is 11.3 Å². The summed E-state index contributed by atoms with van der Waals surface area (Å²) in [4.78, 5) is 3.52. The van der Waals surface area contributed by atoms with Crippen LogP contribution in [0.4, 0.5) is 0 Å². The molecule has 1 saturated heterocycles. The largest absolute Gasteiger partial charge is 0.460 e. The van der Waals surface area contributed by atoms with E-state index in [2.05, 4.69) is 17.0 Å². The van der Waals surface area contributed by atoms with E-state index in [1.165, 1.54) is 5.39 Å². The number of aliphatic hydroxyl groups excluding tert-OH is 1. The molecule has 1 aliphatic heterocycles. The van der Waals surface area contributed by atoms with Crippen molar-refractivity contribution in [2.24, 2.45) is 5.92 Å². The third kappa shape index (κ3) is 3.20. The lowest BCUT2D eigenvalue weighted by Gasteiger charge is -2.33. The molecule has 0 radical (unpaired) electrons. The summed E-state index contributed by atoms with van der Waals surface area (Å²) in [6.45, 7) is 2.89. The number of benzene rings is 1. The summed E-state index contributed by atoms with van der Waals surface area (Å²) in [5.74, 6) is 1.41. The molecule has 3 nitrogen and oxygen atoms in total. The van der Waals surface area contributed by atoms with Gasteiger partial charge in [-0.1, -0.05) is 24.3 Å². The smallest absolute Gasteiger partial charge is 0.134 e. The number of hydrogen-bond donors (Lipinski definition) is 1. The van der Waals surface area contributed by atoms with E-state index >= 15 is 0 Å². The standard InChI is InChI=1S/C19H21NO2S/c21-19(18-6-3-11-23-18)14-7-9-20(10-8-14)13-16-12-15-4-1-2-5-17(15)22-16/h1-6,11-12,14,19,21H,7-10,13H2. The normalized spacial score (nSPS) is 18.5. The molecule has 120 valence electrons. The monoisotopic (exact) mass is 327 g/mol. The molecule has 3 aromatic rings. The van der Waals surface area contributed by atoms with Crippen LogP contribution in [-0.4, -0.2) is 23.1 Å². The van der Waals surface area contributed by atoms with Crippen molar-refractivity contribution in [3.05, 3.63) is 58.5 Å². The Morgan fingerprint density at radius 1 is 1.17 bits per heavy atom. The van der Waals surface area contributed by atoms with Gasteiger partial charge in [0.05, 0.1) is 12.6 Å². The third-order valence-corrected chi connectivity index (χ3v) is 5.71. The zero-order valence-corrected chi connectivity index (χ0v) is 13.8. The van der Waals surface area contributed by atoms with Gasteiger partial charge in [-0.25, -0.2) is 0 Å². The maximum absolute atomic E-state index is 10.5. The Balaban J connectivity index is 1.36. The lowest BCUT2D eigenvalue weighted by molar-refractivity contribution is 0.0573. The summed E-state index contributed by atoms with van der Waals surface area (Å²) in [6.07, 6.45) is 1.78. The highest BCUT2D eigenvalue weighted by Gasteiger charge is 2.27. The fraction of sp³-hybridized carbons (Fsp3) is 0.368. The summed E-state index contributed by atoms with van der Waals surface area (Å²) in [5, 5.41) is 13.7. The van der Waals surface area contributed by atoms with Crippen molar-refractivity contribution in [3.63, 3.8) is 0 Å². The lowest BCUT2D eigenvalue weighted by atomic mass is 9.90. The number of aliphatic hydroxyl groups is 1. The molecule has 1 aromatic carbocycles. The van der Waals surface area contributed by atoms with Gasteiger partial charge in [-0.05, 0) is 55.4 Å². The average molecular weight is 327 g/mol. The Hall–Kier alpha value is -1.62. The summed E-state index contributed by atoms with van der Waals surface area (Å²) in [5.41, 5.74) is 0.963. The minimum absolute atomic E-state index is 0.302. The van der Waals surface area contributed by atoms with E-state index in [0.717, 1.165) is 48.7 Å². The molecule has 0 aliphatic carbocycles. The Bertz CT molecular complexity index is 724. The first kappa shape index (κ1) is 14.9. The minimum Gasteiger partial charge on any atom is -0.460 e. The number of furan rings is 1. The number of nitrogens with zero attached hydrogens (tertiary/aromatic N) is 1. The predicted molar refractivity (Wildman–Crippen MR) is 93.5 cm³/mol. The molecule has 2 aromatic heterocycles. The van der Waals surface area contributed by atoms with Crippen molar-refractivity contribution in [2.45, 2.75) is 25.5 Å². The zero-order chi connectivity index (χ0) is 15.6. The highest BCUT2D eigenvalue weighted by atomic mass is 32.1. The molecule has 3 heterocycles. The molecule has 1 unspecified atom stereocenters. The average Bonchev–Trinajstić information content (AvgIpc) is 3.24. The summed E-state index contributed by atoms with van der Waals surface area (Å²) >= 11 is 1.65. The van der Waals surface area contributed by atoms with Crippen LogP contribution in [0.1, 0.15) is 29.6 Å². The number of piperidine rings is 1. The first-order valence-corrected chi connectivity index (χ1v) is 9.09. The molecule has 1 atom stereocenters. The fourth-order valence-electron chi connectivity index (χ4n) is 3.45. The second kappa shape index (κ2) is 6.48. The molecule has 0 bridgehead atoms. The Morgan fingerprint density at radius 2 is 2.00 bits per heavy atom. The van der Waals surface area contributed by atoms with Gasteiger partial charge in [0.2, 0.25) is 0 Å². The van der Waals surface area contributed by atoms with E-state index in [0.29, 0.717) is 5.92 Å². The van der Waals surface area contributed by atoms with Crippen LogP contribution in [0.2, 0.25) is 0 Å². The molecule has 4 rings (SSSR count). The van der Waals surface area contributed by atoms with Gasteiger partial charge in [0.1, 0.15) is 11.3 Å². The molecule has 1 N–H and O–H groups in total. The van der Waals surface area contributed by atoms with Gasteiger partial charge in [0, 0.05) is 10.3 Å². The van der Waals surface area contributed by atoms with Gasteiger partial charge in [0.25, 0.3) is 0 Å². The van der Waals surface area contributed by atoms with E-state index in [9.17, 15) is 5.11 Å². The van der Waals surface area contributed by atoms with E-state index < -0.39 is 0 Å². The highest BCUT2D eigenvalue weighted by molar-refractivity contribution is 7.10. The van der Waals surface area contributed by atoms with Crippen molar-refractivity contribution in [2.75, 3.05) is 13.1 Å². The number of rotatable bonds is 4. The Labute approximate surface area is 140 Å². The van der Waals surface area contributed by atoms with Crippen molar-refractivity contribution >= 4 is 22.3 Å². The molecular weight excluding hydrogens is 306 g/mol. The minimum atomic E-state index is -0.302. The first-order valence-electron chi connectivity index (χ1n) is 8.21. The van der Waals surface area contributed by atoms with Gasteiger partial charge in [-0.2, -0.15) is 0 Å². The molecular formula is C19H21NO2S. The molecule has 1 aliphatic rings. The second-order valence-electron chi connectivity index (χ2n) is 6.32. The maximum atomic E-state index is 10.5. The first-order chi connectivity index (χ1) is 11.3. The van der Waals surface area contributed by atoms with Crippen molar-refractivity contribution in [1.82, 2.24) is 4.90 Å². The van der Waals surface area contributed by atoms with Gasteiger partial charge in [-0.3, -0.25) is 4.90 Å². The van der Waals surface area contributed by atoms with Crippen LogP contribution >= 0.6 is 11.3 Å².